The van der Waals surface area contributed by atoms with Crippen LogP contribution in [0.25, 0.3) is 0 Å². The van der Waals surface area contributed by atoms with E-state index in [4.69, 9.17) is 0 Å². The normalized spacial score (nSPS) is 14.5. The highest BCUT2D eigenvalue weighted by atomic mass is 79.9. The Morgan fingerprint density at radius 1 is 1.50 bits per heavy atom. The lowest BCUT2D eigenvalue weighted by Crippen LogP contribution is -2.28. The molecule has 2 atom stereocenters. The van der Waals surface area contributed by atoms with Crippen molar-refractivity contribution in [1.29, 1.82) is 0 Å². The highest BCUT2D eigenvalue weighted by Crippen LogP contribution is 2.21. The minimum absolute atomic E-state index is 0.201. The summed E-state index contributed by atoms with van der Waals surface area (Å²) in [5.41, 5.74) is 1.07. The van der Waals surface area contributed by atoms with Crippen molar-refractivity contribution >= 4 is 15.9 Å². The molecule has 0 aliphatic rings. The molecule has 1 nitrogen and oxygen atoms in total. The Labute approximate surface area is 105 Å². The Hall–Kier alpha value is -0.670. The first-order chi connectivity index (χ1) is 7.54. The Morgan fingerprint density at radius 2 is 2.19 bits per heavy atom. The third-order valence-electron chi connectivity index (χ3n) is 2.50. The van der Waals surface area contributed by atoms with Gasteiger partial charge in [0.15, 0.2) is 0 Å². The molecule has 1 aromatic rings. The molecule has 0 aliphatic carbocycles. The molecule has 0 saturated heterocycles. The molecule has 0 saturated carbocycles. The maximum absolute atomic E-state index is 13.1. The summed E-state index contributed by atoms with van der Waals surface area (Å²) in [6, 6.07) is 5.67. The molecule has 0 amide bonds. The molecule has 0 heterocycles. The summed E-state index contributed by atoms with van der Waals surface area (Å²) < 4.78 is 13.6. The van der Waals surface area contributed by atoms with Crippen LogP contribution in [0.5, 0.6) is 0 Å². The molecule has 3 heteroatoms. The topological polar surface area (TPSA) is 12.0 Å². The second-order valence-corrected chi connectivity index (χ2v) is 4.84. The van der Waals surface area contributed by atoms with E-state index in [9.17, 15) is 4.39 Å². The zero-order valence-electron chi connectivity index (χ0n) is 9.63. The lowest BCUT2D eigenvalue weighted by atomic mass is 10.1. The summed E-state index contributed by atoms with van der Waals surface area (Å²) in [5.74, 6) is -0.227. The molecule has 0 fully saturated rings. The van der Waals surface area contributed by atoms with Gasteiger partial charge in [-0.2, -0.15) is 0 Å². The van der Waals surface area contributed by atoms with Crippen LogP contribution >= 0.6 is 15.9 Å². The van der Waals surface area contributed by atoms with E-state index in [0.717, 1.165) is 12.0 Å². The van der Waals surface area contributed by atoms with Crippen molar-refractivity contribution in [2.75, 3.05) is 0 Å². The molecule has 2 unspecified atom stereocenters. The molecule has 0 spiro atoms. The third kappa shape index (κ3) is 3.72. The van der Waals surface area contributed by atoms with Gasteiger partial charge in [0.2, 0.25) is 0 Å². The maximum Gasteiger partial charge on any atom is 0.137 e. The van der Waals surface area contributed by atoms with E-state index in [0.29, 0.717) is 10.5 Å². The second kappa shape index (κ2) is 6.16. The lowest BCUT2D eigenvalue weighted by molar-refractivity contribution is 0.481. The fourth-order valence-corrected chi connectivity index (χ4v) is 2.02. The highest BCUT2D eigenvalue weighted by molar-refractivity contribution is 9.10. The van der Waals surface area contributed by atoms with E-state index < -0.39 is 0 Å². The summed E-state index contributed by atoms with van der Waals surface area (Å²) in [5, 5.41) is 3.43. The standard InChI is InChI=1S/C13H17BrFN/c1-4-5-9(2)16-10(3)11-6-7-13(15)12(14)8-11/h4,6-10,16H,1,5H2,2-3H3. The van der Waals surface area contributed by atoms with Crippen molar-refractivity contribution in [3.05, 3.63) is 46.7 Å². The predicted octanol–water partition coefficient (Wildman–Crippen LogP) is 4.20. The fraction of sp³-hybridized carbons (Fsp3) is 0.385. The van der Waals surface area contributed by atoms with Crippen molar-refractivity contribution in [3.8, 4) is 0 Å². The molecule has 1 aromatic carbocycles. The van der Waals surface area contributed by atoms with Crippen molar-refractivity contribution in [2.24, 2.45) is 0 Å². The molecule has 16 heavy (non-hydrogen) atoms. The first kappa shape index (κ1) is 13.4. The summed E-state index contributed by atoms with van der Waals surface area (Å²) in [4.78, 5) is 0. The van der Waals surface area contributed by atoms with Crippen LogP contribution in [0.1, 0.15) is 31.9 Å². The van der Waals surface area contributed by atoms with E-state index in [1.807, 2.05) is 12.1 Å². The first-order valence-corrected chi connectivity index (χ1v) is 6.15. The Morgan fingerprint density at radius 3 is 2.75 bits per heavy atom. The Kier molecular flexibility index (Phi) is 5.16. The minimum atomic E-state index is -0.227. The van der Waals surface area contributed by atoms with Crippen LogP contribution in [0.4, 0.5) is 4.39 Å². The fourth-order valence-electron chi connectivity index (χ4n) is 1.62. The van der Waals surface area contributed by atoms with Gasteiger partial charge in [-0.3, -0.25) is 0 Å². The van der Waals surface area contributed by atoms with Crippen LogP contribution in [0.2, 0.25) is 0 Å². The van der Waals surface area contributed by atoms with Gasteiger partial charge in [-0.25, -0.2) is 4.39 Å². The van der Waals surface area contributed by atoms with Gasteiger partial charge in [-0.15, -0.1) is 6.58 Å². The van der Waals surface area contributed by atoms with Gasteiger partial charge in [0, 0.05) is 12.1 Å². The van der Waals surface area contributed by atoms with Gasteiger partial charge in [0.25, 0.3) is 0 Å². The molecule has 1 N–H and O–H groups in total. The molecule has 88 valence electrons. The van der Waals surface area contributed by atoms with Gasteiger partial charge >= 0.3 is 0 Å². The van der Waals surface area contributed by atoms with Crippen LogP contribution in [0, 0.1) is 5.82 Å². The Bertz CT molecular complexity index is 365. The third-order valence-corrected chi connectivity index (χ3v) is 3.11. The molecular weight excluding hydrogens is 269 g/mol. The molecule has 0 aliphatic heterocycles. The average molecular weight is 286 g/mol. The number of rotatable bonds is 5. The van der Waals surface area contributed by atoms with Crippen LogP contribution in [-0.2, 0) is 0 Å². The highest BCUT2D eigenvalue weighted by Gasteiger charge is 2.10. The number of nitrogens with one attached hydrogen (secondary N) is 1. The van der Waals surface area contributed by atoms with Crippen molar-refractivity contribution in [1.82, 2.24) is 5.32 Å². The monoisotopic (exact) mass is 285 g/mol. The second-order valence-electron chi connectivity index (χ2n) is 3.99. The van der Waals surface area contributed by atoms with E-state index in [1.165, 1.54) is 6.07 Å². The van der Waals surface area contributed by atoms with Crippen molar-refractivity contribution in [3.63, 3.8) is 0 Å². The number of halogens is 2. The van der Waals surface area contributed by atoms with Gasteiger partial charge < -0.3 is 5.32 Å². The van der Waals surface area contributed by atoms with Gasteiger partial charge in [0.05, 0.1) is 4.47 Å². The average Bonchev–Trinajstić information content (AvgIpc) is 2.22. The summed E-state index contributed by atoms with van der Waals surface area (Å²) in [6.07, 6.45) is 2.82. The smallest absolute Gasteiger partial charge is 0.137 e. The summed E-state index contributed by atoms with van der Waals surface area (Å²) in [6.45, 7) is 7.89. The molecule has 1 rings (SSSR count). The van der Waals surface area contributed by atoms with Crippen LogP contribution < -0.4 is 5.32 Å². The zero-order valence-corrected chi connectivity index (χ0v) is 11.2. The van der Waals surface area contributed by atoms with Crippen LogP contribution in [0.3, 0.4) is 0 Å². The molecule has 0 bridgehead atoms. The van der Waals surface area contributed by atoms with E-state index in [1.54, 1.807) is 6.07 Å². The maximum atomic E-state index is 13.1. The largest absolute Gasteiger partial charge is 0.307 e. The van der Waals surface area contributed by atoms with Gasteiger partial charge in [0.1, 0.15) is 5.82 Å². The van der Waals surface area contributed by atoms with E-state index in [-0.39, 0.29) is 11.9 Å². The first-order valence-electron chi connectivity index (χ1n) is 5.36. The number of benzene rings is 1. The van der Waals surface area contributed by atoms with Crippen molar-refractivity contribution < 1.29 is 4.39 Å². The molecule has 0 aromatic heterocycles. The predicted molar refractivity (Wildman–Crippen MR) is 69.9 cm³/mol. The van der Waals surface area contributed by atoms with Gasteiger partial charge in [-0.1, -0.05) is 12.1 Å². The lowest BCUT2D eigenvalue weighted by Gasteiger charge is -2.19. The zero-order chi connectivity index (χ0) is 12.1. The quantitative estimate of drug-likeness (QED) is 0.800. The Balaban J connectivity index is 2.68. The summed E-state index contributed by atoms with van der Waals surface area (Å²) in [7, 11) is 0. The van der Waals surface area contributed by atoms with Crippen molar-refractivity contribution in [2.45, 2.75) is 32.4 Å². The van der Waals surface area contributed by atoms with E-state index in [2.05, 4.69) is 41.7 Å². The minimum Gasteiger partial charge on any atom is -0.307 e. The number of hydrogen-bond donors (Lipinski definition) is 1. The number of hydrogen-bond acceptors (Lipinski definition) is 1. The van der Waals surface area contributed by atoms with Crippen LogP contribution in [0.15, 0.2) is 35.3 Å². The SMILES string of the molecule is C=CCC(C)NC(C)c1ccc(F)c(Br)c1. The summed E-state index contributed by atoms with van der Waals surface area (Å²) >= 11 is 3.19. The molecular formula is C13H17BrFN. The van der Waals surface area contributed by atoms with Crippen LogP contribution in [-0.4, -0.2) is 6.04 Å². The van der Waals surface area contributed by atoms with Gasteiger partial charge in [-0.05, 0) is 53.9 Å². The molecule has 0 radical (unpaired) electrons. The van der Waals surface area contributed by atoms with E-state index >= 15 is 0 Å².